The number of sulfone groups is 1. The lowest BCUT2D eigenvalue weighted by molar-refractivity contribution is 0.200. The van der Waals surface area contributed by atoms with Gasteiger partial charge in [0.1, 0.15) is 0 Å². The standard InChI is InChI=1S/C8H16N2O2S/c9-4-7-2-1-3-10(7)8-5-13(11,12)6-8/h7-8H,1-6,9H2. The number of likely N-dealkylation sites (tertiary alicyclic amines) is 1. The first-order chi connectivity index (χ1) is 6.12. The molecule has 2 rings (SSSR count). The van der Waals surface area contributed by atoms with E-state index in [0.717, 1.165) is 13.0 Å². The summed E-state index contributed by atoms with van der Waals surface area (Å²) in [6, 6.07) is 0.696. The molecule has 13 heavy (non-hydrogen) atoms. The summed E-state index contributed by atoms with van der Waals surface area (Å²) in [6.45, 7) is 1.69. The third kappa shape index (κ3) is 1.73. The molecule has 2 aliphatic rings. The van der Waals surface area contributed by atoms with Crippen molar-refractivity contribution in [3.63, 3.8) is 0 Å². The monoisotopic (exact) mass is 204 g/mol. The predicted molar refractivity (Wildman–Crippen MR) is 51.2 cm³/mol. The topological polar surface area (TPSA) is 63.4 Å². The Kier molecular flexibility index (Phi) is 2.33. The van der Waals surface area contributed by atoms with Crippen LogP contribution in [0, 0.1) is 0 Å². The Morgan fingerprint density at radius 1 is 1.38 bits per heavy atom. The van der Waals surface area contributed by atoms with Crippen molar-refractivity contribution in [3.05, 3.63) is 0 Å². The highest BCUT2D eigenvalue weighted by Crippen LogP contribution is 2.25. The Morgan fingerprint density at radius 2 is 2.08 bits per heavy atom. The van der Waals surface area contributed by atoms with E-state index in [1.807, 2.05) is 0 Å². The van der Waals surface area contributed by atoms with Crippen molar-refractivity contribution in [1.82, 2.24) is 4.90 Å². The Hall–Kier alpha value is -0.130. The Balaban J connectivity index is 1.95. The normalized spacial score (nSPS) is 34.7. The quantitative estimate of drug-likeness (QED) is 0.640. The van der Waals surface area contributed by atoms with Crippen LogP contribution in [0.4, 0.5) is 0 Å². The van der Waals surface area contributed by atoms with Crippen LogP contribution in [0.1, 0.15) is 12.8 Å². The number of nitrogens with two attached hydrogens (primary N) is 1. The summed E-state index contributed by atoms with van der Waals surface area (Å²) in [5, 5.41) is 0. The van der Waals surface area contributed by atoms with Crippen molar-refractivity contribution in [1.29, 1.82) is 0 Å². The van der Waals surface area contributed by atoms with Crippen LogP contribution in [0.2, 0.25) is 0 Å². The van der Waals surface area contributed by atoms with Gasteiger partial charge >= 0.3 is 0 Å². The molecule has 76 valence electrons. The molecule has 1 atom stereocenters. The first kappa shape index (κ1) is 9.43. The van der Waals surface area contributed by atoms with Gasteiger partial charge in [0.2, 0.25) is 0 Å². The summed E-state index contributed by atoms with van der Waals surface area (Å²) >= 11 is 0. The fraction of sp³-hybridized carbons (Fsp3) is 1.00. The van der Waals surface area contributed by atoms with Gasteiger partial charge in [-0.05, 0) is 19.4 Å². The Labute approximate surface area is 79.0 Å². The van der Waals surface area contributed by atoms with Crippen LogP contribution in [0.5, 0.6) is 0 Å². The molecule has 0 aromatic heterocycles. The lowest BCUT2D eigenvalue weighted by Crippen LogP contribution is -2.55. The molecule has 0 saturated carbocycles. The fourth-order valence-electron chi connectivity index (χ4n) is 2.32. The Morgan fingerprint density at radius 3 is 2.62 bits per heavy atom. The van der Waals surface area contributed by atoms with Gasteiger partial charge in [-0.3, -0.25) is 4.90 Å². The molecule has 0 aliphatic carbocycles. The van der Waals surface area contributed by atoms with Crippen molar-refractivity contribution < 1.29 is 8.42 Å². The summed E-state index contributed by atoms with van der Waals surface area (Å²) in [7, 11) is -2.68. The number of hydrogen-bond acceptors (Lipinski definition) is 4. The number of nitrogens with zero attached hydrogens (tertiary/aromatic N) is 1. The minimum absolute atomic E-state index is 0.265. The van der Waals surface area contributed by atoms with E-state index in [-0.39, 0.29) is 6.04 Å². The molecule has 2 aliphatic heterocycles. The molecule has 0 aromatic rings. The van der Waals surface area contributed by atoms with E-state index in [1.54, 1.807) is 0 Å². The first-order valence-corrected chi connectivity index (χ1v) is 6.61. The third-order valence-electron chi connectivity index (χ3n) is 3.06. The maximum absolute atomic E-state index is 11.0. The second-order valence-corrected chi connectivity index (χ2v) is 6.15. The molecule has 2 saturated heterocycles. The largest absolute Gasteiger partial charge is 0.329 e. The molecule has 0 aromatic carbocycles. The van der Waals surface area contributed by atoms with Gasteiger partial charge < -0.3 is 5.73 Å². The van der Waals surface area contributed by atoms with Crippen LogP contribution in [0.3, 0.4) is 0 Å². The minimum Gasteiger partial charge on any atom is -0.329 e. The average Bonchev–Trinajstić information content (AvgIpc) is 2.46. The van der Waals surface area contributed by atoms with Crippen LogP contribution in [-0.2, 0) is 9.84 Å². The lowest BCUT2D eigenvalue weighted by atomic mass is 10.2. The van der Waals surface area contributed by atoms with Gasteiger partial charge in [0.15, 0.2) is 9.84 Å². The fourth-order valence-corrected chi connectivity index (χ4v) is 3.78. The van der Waals surface area contributed by atoms with Crippen LogP contribution >= 0.6 is 0 Å². The van der Waals surface area contributed by atoms with Gasteiger partial charge in [-0.1, -0.05) is 0 Å². The van der Waals surface area contributed by atoms with Gasteiger partial charge in [0, 0.05) is 18.6 Å². The predicted octanol–water partition coefficient (Wildman–Crippen LogP) is -0.793. The van der Waals surface area contributed by atoms with E-state index in [2.05, 4.69) is 4.90 Å². The molecule has 0 amide bonds. The molecule has 0 spiro atoms. The zero-order chi connectivity index (χ0) is 9.47. The molecular formula is C8H16N2O2S. The van der Waals surface area contributed by atoms with E-state index >= 15 is 0 Å². The van der Waals surface area contributed by atoms with Gasteiger partial charge in [0.25, 0.3) is 0 Å². The van der Waals surface area contributed by atoms with Crippen molar-refractivity contribution in [3.8, 4) is 0 Å². The second kappa shape index (κ2) is 3.22. The molecule has 2 N–H and O–H groups in total. The maximum atomic E-state index is 11.0. The zero-order valence-corrected chi connectivity index (χ0v) is 8.46. The highest BCUT2D eigenvalue weighted by molar-refractivity contribution is 7.92. The second-order valence-electron chi connectivity index (χ2n) is 4.00. The van der Waals surface area contributed by atoms with Gasteiger partial charge in [-0.15, -0.1) is 0 Å². The van der Waals surface area contributed by atoms with Crippen LogP contribution in [-0.4, -0.2) is 50.0 Å². The highest BCUT2D eigenvalue weighted by Gasteiger charge is 2.41. The van der Waals surface area contributed by atoms with Crippen molar-refractivity contribution in [2.75, 3.05) is 24.6 Å². The van der Waals surface area contributed by atoms with Crippen molar-refractivity contribution >= 4 is 9.84 Å². The average molecular weight is 204 g/mol. The molecule has 0 radical (unpaired) electrons. The minimum atomic E-state index is -2.68. The van der Waals surface area contributed by atoms with Crippen LogP contribution < -0.4 is 5.73 Å². The summed E-state index contributed by atoms with van der Waals surface area (Å²) in [5.74, 6) is 0.701. The smallest absolute Gasteiger partial charge is 0.153 e. The first-order valence-electron chi connectivity index (χ1n) is 4.78. The maximum Gasteiger partial charge on any atom is 0.153 e. The number of hydrogen-bond donors (Lipinski definition) is 1. The Bertz CT molecular complexity index is 277. The van der Waals surface area contributed by atoms with Crippen molar-refractivity contribution in [2.45, 2.75) is 24.9 Å². The third-order valence-corrected chi connectivity index (χ3v) is 4.84. The van der Waals surface area contributed by atoms with Crippen LogP contribution in [0.15, 0.2) is 0 Å². The van der Waals surface area contributed by atoms with E-state index in [0.29, 0.717) is 24.1 Å². The van der Waals surface area contributed by atoms with Crippen molar-refractivity contribution in [2.24, 2.45) is 5.73 Å². The molecule has 4 nitrogen and oxygen atoms in total. The SMILES string of the molecule is NCC1CCCN1C1CS(=O)(=O)C1. The summed E-state index contributed by atoms with van der Waals surface area (Å²) in [4.78, 5) is 2.28. The number of rotatable bonds is 2. The van der Waals surface area contributed by atoms with Crippen LogP contribution in [0.25, 0.3) is 0 Å². The van der Waals surface area contributed by atoms with E-state index < -0.39 is 9.84 Å². The molecule has 5 heteroatoms. The summed E-state index contributed by atoms with van der Waals surface area (Å²) in [6.07, 6.45) is 2.30. The summed E-state index contributed by atoms with van der Waals surface area (Å²) < 4.78 is 22.0. The van der Waals surface area contributed by atoms with Gasteiger partial charge in [-0.25, -0.2) is 8.42 Å². The molecule has 0 bridgehead atoms. The van der Waals surface area contributed by atoms with E-state index in [1.165, 1.54) is 6.42 Å². The molecule has 2 heterocycles. The van der Waals surface area contributed by atoms with E-state index in [9.17, 15) is 8.42 Å². The molecule has 1 unspecified atom stereocenters. The van der Waals surface area contributed by atoms with Gasteiger partial charge in [0.05, 0.1) is 11.5 Å². The summed E-state index contributed by atoms with van der Waals surface area (Å²) in [5.41, 5.74) is 5.62. The van der Waals surface area contributed by atoms with E-state index in [4.69, 9.17) is 5.73 Å². The highest BCUT2D eigenvalue weighted by atomic mass is 32.2. The lowest BCUT2D eigenvalue weighted by Gasteiger charge is -2.37. The molecular weight excluding hydrogens is 188 g/mol. The molecule has 2 fully saturated rings. The van der Waals surface area contributed by atoms with Gasteiger partial charge in [-0.2, -0.15) is 0 Å². The zero-order valence-electron chi connectivity index (χ0n) is 7.65.